The molecule has 2 aliphatic rings. The van der Waals surface area contributed by atoms with Gasteiger partial charge in [-0.25, -0.2) is 0 Å². The number of hydrogen-bond donors (Lipinski definition) is 3. The van der Waals surface area contributed by atoms with Gasteiger partial charge in [-0.3, -0.25) is 14.5 Å². The zero-order chi connectivity index (χ0) is 17.6. The van der Waals surface area contributed by atoms with Gasteiger partial charge < -0.3 is 16.4 Å². The number of carbonyl (C=O) groups is 2. The first-order chi connectivity index (χ1) is 11.4. The minimum Gasteiger partial charge on any atom is -0.353 e. The third kappa shape index (κ3) is 7.08. The molecule has 154 valence electrons. The smallest absolute Gasteiger partial charge is 0.239 e. The van der Waals surface area contributed by atoms with Gasteiger partial charge in [-0.05, 0) is 18.8 Å². The molecule has 26 heavy (non-hydrogen) atoms. The number of halogens is 2. The highest BCUT2D eigenvalue weighted by Crippen LogP contribution is 2.36. The van der Waals surface area contributed by atoms with Crippen LogP contribution < -0.4 is 16.4 Å². The lowest BCUT2D eigenvalue weighted by Gasteiger charge is -2.43. The van der Waals surface area contributed by atoms with Crippen molar-refractivity contribution in [2.75, 3.05) is 37.7 Å². The van der Waals surface area contributed by atoms with Crippen molar-refractivity contribution in [3.63, 3.8) is 0 Å². The second-order valence-electron chi connectivity index (χ2n) is 7.30. The lowest BCUT2D eigenvalue weighted by atomic mass is 9.94. The van der Waals surface area contributed by atoms with E-state index in [-0.39, 0.29) is 54.6 Å². The SMILES string of the molecule is CC(C)[C@H](N)C(=O)NCC(=O)NCC1(N2CCSCC2)CCCC1.Cl.Cl. The van der Waals surface area contributed by atoms with Crippen LogP contribution in [0.4, 0.5) is 0 Å². The minimum absolute atomic E-state index is 0. The zero-order valence-electron chi connectivity index (χ0n) is 15.8. The van der Waals surface area contributed by atoms with E-state index in [0.29, 0.717) is 6.54 Å². The Morgan fingerprint density at radius 3 is 2.23 bits per heavy atom. The molecule has 9 heteroatoms. The number of nitrogens with one attached hydrogen (secondary N) is 2. The van der Waals surface area contributed by atoms with Crippen LogP contribution in [0.2, 0.25) is 0 Å². The fourth-order valence-corrected chi connectivity index (χ4v) is 4.49. The van der Waals surface area contributed by atoms with E-state index in [2.05, 4.69) is 15.5 Å². The molecule has 2 amide bonds. The highest BCUT2D eigenvalue weighted by Gasteiger charge is 2.40. The Hall–Kier alpha value is -0.210. The molecule has 1 atom stereocenters. The molecular formula is C17H34Cl2N4O2S. The van der Waals surface area contributed by atoms with Crippen LogP contribution in [0.5, 0.6) is 0 Å². The first-order valence-electron chi connectivity index (χ1n) is 9.07. The average Bonchev–Trinajstić information content (AvgIpc) is 3.08. The van der Waals surface area contributed by atoms with Crippen LogP contribution in [0.3, 0.4) is 0 Å². The van der Waals surface area contributed by atoms with Crippen molar-refractivity contribution in [1.82, 2.24) is 15.5 Å². The summed E-state index contributed by atoms with van der Waals surface area (Å²) >= 11 is 2.01. The molecule has 0 bridgehead atoms. The summed E-state index contributed by atoms with van der Waals surface area (Å²) in [6.45, 7) is 6.70. The first kappa shape index (κ1) is 25.8. The number of rotatable bonds is 7. The van der Waals surface area contributed by atoms with Crippen molar-refractivity contribution in [1.29, 1.82) is 0 Å². The molecule has 0 aromatic rings. The lowest BCUT2D eigenvalue weighted by Crippen LogP contribution is -2.57. The molecule has 4 N–H and O–H groups in total. The summed E-state index contributed by atoms with van der Waals surface area (Å²) in [4.78, 5) is 26.5. The molecule has 1 saturated heterocycles. The average molecular weight is 429 g/mol. The van der Waals surface area contributed by atoms with Crippen LogP contribution in [-0.4, -0.2) is 66.0 Å². The van der Waals surface area contributed by atoms with Crippen molar-refractivity contribution >= 4 is 48.4 Å². The van der Waals surface area contributed by atoms with Crippen LogP contribution >= 0.6 is 36.6 Å². The molecule has 1 aliphatic carbocycles. The van der Waals surface area contributed by atoms with Crippen molar-refractivity contribution < 1.29 is 9.59 Å². The van der Waals surface area contributed by atoms with E-state index in [0.717, 1.165) is 25.9 Å². The molecule has 0 aromatic carbocycles. The normalized spacial score (nSPS) is 20.6. The lowest BCUT2D eigenvalue weighted by molar-refractivity contribution is -0.127. The minimum atomic E-state index is -0.565. The van der Waals surface area contributed by atoms with E-state index in [1.54, 1.807) is 0 Å². The van der Waals surface area contributed by atoms with Gasteiger partial charge in [0, 0.05) is 36.7 Å². The first-order valence-corrected chi connectivity index (χ1v) is 10.2. The Bertz CT molecular complexity index is 442. The number of amides is 2. The molecule has 2 fully saturated rings. The maximum absolute atomic E-state index is 12.1. The predicted molar refractivity (Wildman–Crippen MR) is 113 cm³/mol. The molecule has 0 unspecified atom stereocenters. The van der Waals surface area contributed by atoms with Gasteiger partial charge >= 0.3 is 0 Å². The van der Waals surface area contributed by atoms with Crippen LogP contribution in [0.25, 0.3) is 0 Å². The standard InChI is InChI=1S/C17H32N4O2S.2ClH/c1-13(2)15(18)16(23)19-11-14(22)20-12-17(5-3-4-6-17)21-7-9-24-10-8-21;;/h13,15H,3-12,18H2,1-2H3,(H,19,23)(H,20,22);2*1H/t15-;;/m0../s1. The van der Waals surface area contributed by atoms with Gasteiger partial charge in [0.1, 0.15) is 0 Å². The third-order valence-electron chi connectivity index (χ3n) is 5.27. The molecule has 0 aromatic heterocycles. The molecule has 1 heterocycles. The Morgan fingerprint density at radius 1 is 1.12 bits per heavy atom. The van der Waals surface area contributed by atoms with Gasteiger partial charge in [0.05, 0.1) is 12.6 Å². The maximum Gasteiger partial charge on any atom is 0.239 e. The van der Waals surface area contributed by atoms with Crippen LogP contribution in [0, 0.1) is 5.92 Å². The molecular weight excluding hydrogens is 395 g/mol. The highest BCUT2D eigenvalue weighted by atomic mass is 35.5. The Morgan fingerprint density at radius 2 is 1.69 bits per heavy atom. The summed E-state index contributed by atoms with van der Waals surface area (Å²) in [6, 6.07) is -0.565. The quantitative estimate of drug-likeness (QED) is 0.570. The molecule has 6 nitrogen and oxygen atoms in total. The van der Waals surface area contributed by atoms with E-state index in [1.165, 1.54) is 24.3 Å². The molecule has 0 radical (unpaired) electrons. The van der Waals surface area contributed by atoms with Gasteiger partial charge in [-0.2, -0.15) is 11.8 Å². The third-order valence-corrected chi connectivity index (χ3v) is 6.22. The van der Waals surface area contributed by atoms with Gasteiger partial charge in [-0.1, -0.05) is 26.7 Å². The van der Waals surface area contributed by atoms with E-state index >= 15 is 0 Å². The largest absolute Gasteiger partial charge is 0.353 e. The Balaban J connectivity index is 0.00000312. The summed E-state index contributed by atoms with van der Waals surface area (Å²) in [5, 5.41) is 5.68. The topological polar surface area (TPSA) is 87.5 Å². The van der Waals surface area contributed by atoms with Crippen molar-refractivity contribution in [2.24, 2.45) is 11.7 Å². The summed E-state index contributed by atoms with van der Waals surface area (Å²) in [7, 11) is 0. The molecule has 1 aliphatic heterocycles. The van der Waals surface area contributed by atoms with Gasteiger partial charge in [-0.15, -0.1) is 24.8 Å². The number of hydrogen-bond acceptors (Lipinski definition) is 5. The summed E-state index contributed by atoms with van der Waals surface area (Å²) in [6.07, 6.45) is 4.78. The second kappa shape index (κ2) is 12.3. The summed E-state index contributed by atoms with van der Waals surface area (Å²) in [5.74, 6) is 2.03. The van der Waals surface area contributed by atoms with Crippen molar-refractivity contribution in [2.45, 2.75) is 51.1 Å². The predicted octanol–water partition coefficient (Wildman–Crippen LogP) is 1.41. The van der Waals surface area contributed by atoms with E-state index in [9.17, 15) is 9.59 Å². The van der Waals surface area contributed by atoms with Crippen LogP contribution in [0.15, 0.2) is 0 Å². The van der Waals surface area contributed by atoms with Crippen molar-refractivity contribution in [3.8, 4) is 0 Å². The summed E-state index contributed by atoms with van der Waals surface area (Å²) < 4.78 is 0. The Kier molecular flexibility index (Phi) is 12.2. The van der Waals surface area contributed by atoms with Gasteiger partial charge in [0.2, 0.25) is 11.8 Å². The van der Waals surface area contributed by atoms with Crippen LogP contribution in [0.1, 0.15) is 39.5 Å². The van der Waals surface area contributed by atoms with E-state index in [1.807, 2.05) is 25.6 Å². The fourth-order valence-electron chi connectivity index (χ4n) is 3.59. The zero-order valence-corrected chi connectivity index (χ0v) is 18.2. The van der Waals surface area contributed by atoms with Gasteiger partial charge in [0.15, 0.2) is 0 Å². The summed E-state index contributed by atoms with van der Waals surface area (Å²) in [5.41, 5.74) is 5.91. The molecule has 1 saturated carbocycles. The van der Waals surface area contributed by atoms with Crippen LogP contribution in [-0.2, 0) is 9.59 Å². The Labute approximate surface area is 174 Å². The van der Waals surface area contributed by atoms with Crippen molar-refractivity contribution in [3.05, 3.63) is 0 Å². The number of carbonyl (C=O) groups excluding carboxylic acids is 2. The number of thioether (sulfide) groups is 1. The van der Waals surface area contributed by atoms with E-state index in [4.69, 9.17) is 5.73 Å². The molecule has 0 spiro atoms. The number of nitrogens with two attached hydrogens (primary N) is 1. The number of nitrogens with zero attached hydrogens (tertiary/aromatic N) is 1. The second-order valence-corrected chi connectivity index (χ2v) is 8.52. The fraction of sp³-hybridized carbons (Fsp3) is 0.882. The van der Waals surface area contributed by atoms with E-state index < -0.39 is 6.04 Å². The van der Waals surface area contributed by atoms with Gasteiger partial charge in [0.25, 0.3) is 0 Å². The monoisotopic (exact) mass is 428 g/mol. The maximum atomic E-state index is 12.1. The highest BCUT2D eigenvalue weighted by molar-refractivity contribution is 7.99. The molecule has 2 rings (SSSR count).